The molecular formula is C14H20O2. The van der Waals surface area contributed by atoms with Crippen molar-refractivity contribution in [1.82, 2.24) is 0 Å². The molecule has 88 valence electrons. The summed E-state index contributed by atoms with van der Waals surface area (Å²) in [5.74, 6) is 0.890. The molecule has 1 aromatic rings. The molecule has 2 rings (SSSR count). The van der Waals surface area contributed by atoms with Crippen LogP contribution in [0, 0.1) is 5.92 Å². The number of phenolic OH excluding ortho intramolecular Hbond substituents is 1. The van der Waals surface area contributed by atoms with Gasteiger partial charge >= 0.3 is 0 Å². The molecule has 0 amide bonds. The van der Waals surface area contributed by atoms with E-state index in [1.807, 2.05) is 12.1 Å². The average Bonchev–Trinajstić information content (AvgIpc) is 2.16. The minimum absolute atomic E-state index is 0.282. The van der Waals surface area contributed by atoms with E-state index >= 15 is 0 Å². The molecule has 0 aromatic heterocycles. The van der Waals surface area contributed by atoms with Gasteiger partial charge in [-0.1, -0.05) is 31.9 Å². The SMILES string of the molecule is CC1CCCC(O)(Cc2cccc(O)c2)C1. The molecule has 1 aliphatic carbocycles. The third-order valence-corrected chi connectivity index (χ3v) is 3.51. The quantitative estimate of drug-likeness (QED) is 0.804. The van der Waals surface area contributed by atoms with Crippen LogP contribution in [0.2, 0.25) is 0 Å². The summed E-state index contributed by atoms with van der Waals surface area (Å²) in [5.41, 5.74) is 0.461. The molecule has 2 unspecified atom stereocenters. The van der Waals surface area contributed by atoms with Crippen LogP contribution < -0.4 is 0 Å². The number of benzene rings is 1. The molecule has 0 spiro atoms. The molecule has 1 aromatic carbocycles. The van der Waals surface area contributed by atoms with Gasteiger partial charge in [-0.15, -0.1) is 0 Å². The van der Waals surface area contributed by atoms with Crippen molar-refractivity contribution in [2.75, 3.05) is 0 Å². The fourth-order valence-electron chi connectivity index (χ4n) is 2.84. The second kappa shape index (κ2) is 4.46. The van der Waals surface area contributed by atoms with E-state index in [1.165, 1.54) is 6.42 Å². The van der Waals surface area contributed by atoms with Gasteiger partial charge in [0.15, 0.2) is 0 Å². The highest BCUT2D eigenvalue weighted by molar-refractivity contribution is 5.28. The van der Waals surface area contributed by atoms with Gasteiger partial charge in [0.25, 0.3) is 0 Å². The Balaban J connectivity index is 2.08. The van der Waals surface area contributed by atoms with Gasteiger partial charge in [-0.05, 0) is 36.5 Å². The third kappa shape index (κ3) is 2.76. The number of rotatable bonds is 2. The van der Waals surface area contributed by atoms with Gasteiger partial charge in [-0.3, -0.25) is 0 Å². The Bertz CT molecular complexity index is 362. The highest BCUT2D eigenvalue weighted by Gasteiger charge is 2.32. The standard InChI is InChI=1S/C14H20O2/c1-11-4-3-7-14(16,9-11)10-12-5-2-6-13(15)8-12/h2,5-6,8,11,15-16H,3-4,7,9-10H2,1H3. The zero-order valence-corrected chi connectivity index (χ0v) is 9.82. The van der Waals surface area contributed by atoms with Crippen LogP contribution >= 0.6 is 0 Å². The van der Waals surface area contributed by atoms with Crippen molar-refractivity contribution in [2.24, 2.45) is 5.92 Å². The number of aromatic hydroxyl groups is 1. The molecule has 0 saturated heterocycles. The zero-order chi connectivity index (χ0) is 11.6. The van der Waals surface area contributed by atoms with Crippen molar-refractivity contribution >= 4 is 0 Å². The maximum atomic E-state index is 10.5. The molecule has 16 heavy (non-hydrogen) atoms. The number of aliphatic hydroxyl groups is 1. The Labute approximate surface area is 96.9 Å². The maximum Gasteiger partial charge on any atom is 0.115 e. The van der Waals surface area contributed by atoms with Gasteiger partial charge in [-0.25, -0.2) is 0 Å². The van der Waals surface area contributed by atoms with E-state index in [0.717, 1.165) is 24.8 Å². The lowest BCUT2D eigenvalue weighted by Crippen LogP contribution is -2.36. The summed E-state index contributed by atoms with van der Waals surface area (Å²) in [5, 5.41) is 19.9. The highest BCUT2D eigenvalue weighted by atomic mass is 16.3. The summed E-state index contributed by atoms with van der Waals surface area (Å²) < 4.78 is 0. The lowest BCUT2D eigenvalue weighted by molar-refractivity contribution is -0.0124. The minimum atomic E-state index is -0.564. The number of phenols is 1. The van der Waals surface area contributed by atoms with E-state index in [4.69, 9.17) is 0 Å². The third-order valence-electron chi connectivity index (χ3n) is 3.51. The van der Waals surface area contributed by atoms with Crippen LogP contribution in [-0.2, 0) is 6.42 Å². The fourth-order valence-corrected chi connectivity index (χ4v) is 2.84. The lowest BCUT2D eigenvalue weighted by atomic mass is 9.76. The summed E-state index contributed by atoms with van der Waals surface area (Å²) >= 11 is 0. The first-order chi connectivity index (χ1) is 7.57. The normalized spacial score (nSPS) is 30.2. The molecule has 0 radical (unpaired) electrons. The molecule has 2 atom stereocenters. The number of hydrogen-bond donors (Lipinski definition) is 2. The summed E-state index contributed by atoms with van der Waals surface area (Å²) in [6.07, 6.45) is 4.75. The molecule has 1 fully saturated rings. The van der Waals surface area contributed by atoms with Gasteiger partial charge < -0.3 is 10.2 Å². The monoisotopic (exact) mass is 220 g/mol. The Morgan fingerprint density at radius 1 is 1.44 bits per heavy atom. The van der Waals surface area contributed by atoms with E-state index in [-0.39, 0.29) is 5.75 Å². The summed E-state index contributed by atoms with van der Waals surface area (Å²) in [7, 11) is 0. The maximum absolute atomic E-state index is 10.5. The average molecular weight is 220 g/mol. The molecule has 2 heteroatoms. The predicted molar refractivity (Wildman–Crippen MR) is 64.4 cm³/mol. The van der Waals surface area contributed by atoms with Crippen LogP contribution in [0.4, 0.5) is 0 Å². The summed E-state index contributed by atoms with van der Waals surface area (Å²) in [6, 6.07) is 7.21. The molecule has 1 saturated carbocycles. The second-order valence-electron chi connectivity index (χ2n) is 5.27. The van der Waals surface area contributed by atoms with E-state index in [0.29, 0.717) is 12.3 Å². The van der Waals surface area contributed by atoms with Crippen LogP contribution in [0.1, 0.15) is 38.2 Å². The lowest BCUT2D eigenvalue weighted by Gasteiger charge is -2.35. The molecule has 0 heterocycles. The van der Waals surface area contributed by atoms with Crippen LogP contribution in [0.15, 0.2) is 24.3 Å². The van der Waals surface area contributed by atoms with Crippen molar-refractivity contribution in [3.05, 3.63) is 29.8 Å². The fraction of sp³-hybridized carbons (Fsp3) is 0.571. The van der Waals surface area contributed by atoms with E-state index in [9.17, 15) is 10.2 Å². The van der Waals surface area contributed by atoms with E-state index in [2.05, 4.69) is 6.92 Å². The first-order valence-electron chi connectivity index (χ1n) is 6.08. The number of hydrogen-bond acceptors (Lipinski definition) is 2. The van der Waals surface area contributed by atoms with E-state index in [1.54, 1.807) is 12.1 Å². The molecule has 2 N–H and O–H groups in total. The van der Waals surface area contributed by atoms with Gasteiger partial charge in [0.05, 0.1) is 5.60 Å². The Morgan fingerprint density at radius 3 is 2.94 bits per heavy atom. The zero-order valence-electron chi connectivity index (χ0n) is 9.82. The van der Waals surface area contributed by atoms with Crippen LogP contribution in [0.5, 0.6) is 5.75 Å². The molecule has 0 aliphatic heterocycles. The van der Waals surface area contributed by atoms with Crippen molar-refractivity contribution < 1.29 is 10.2 Å². The Morgan fingerprint density at radius 2 is 2.25 bits per heavy atom. The van der Waals surface area contributed by atoms with Gasteiger partial charge in [-0.2, -0.15) is 0 Å². The van der Waals surface area contributed by atoms with Crippen molar-refractivity contribution in [1.29, 1.82) is 0 Å². The van der Waals surface area contributed by atoms with E-state index < -0.39 is 5.60 Å². The van der Waals surface area contributed by atoms with Crippen molar-refractivity contribution in [2.45, 2.75) is 44.6 Å². The first-order valence-corrected chi connectivity index (χ1v) is 6.08. The van der Waals surface area contributed by atoms with Crippen LogP contribution in [-0.4, -0.2) is 15.8 Å². The molecule has 1 aliphatic rings. The highest BCUT2D eigenvalue weighted by Crippen LogP contribution is 2.34. The Kier molecular flexibility index (Phi) is 3.20. The first kappa shape index (κ1) is 11.5. The van der Waals surface area contributed by atoms with Gasteiger partial charge in [0.1, 0.15) is 5.75 Å². The molecular weight excluding hydrogens is 200 g/mol. The molecule has 2 nitrogen and oxygen atoms in total. The minimum Gasteiger partial charge on any atom is -0.508 e. The van der Waals surface area contributed by atoms with Crippen LogP contribution in [0.3, 0.4) is 0 Å². The van der Waals surface area contributed by atoms with Crippen LogP contribution in [0.25, 0.3) is 0 Å². The van der Waals surface area contributed by atoms with Crippen molar-refractivity contribution in [3.8, 4) is 5.75 Å². The van der Waals surface area contributed by atoms with Crippen molar-refractivity contribution in [3.63, 3.8) is 0 Å². The summed E-state index contributed by atoms with van der Waals surface area (Å²) in [4.78, 5) is 0. The largest absolute Gasteiger partial charge is 0.508 e. The predicted octanol–water partition coefficient (Wildman–Crippen LogP) is 2.88. The smallest absolute Gasteiger partial charge is 0.115 e. The van der Waals surface area contributed by atoms with Gasteiger partial charge in [0.2, 0.25) is 0 Å². The molecule has 0 bridgehead atoms. The van der Waals surface area contributed by atoms with Gasteiger partial charge in [0, 0.05) is 6.42 Å². The Hall–Kier alpha value is -1.02. The second-order valence-corrected chi connectivity index (χ2v) is 5.27. The topological polar surface area (TPSA) is 40.5 Å². The summed E-state index contributed by atoms with van der Waals surface area (Å²) in [6.45, 7) is 2.20.